The van der Waals surface area contributed by atoms with Gasteiger partial charge < -0.3 is 19.4 Å². The van der Waals surface area contributed by atoms with E-state index in [1.54, 1.807) is 6.20 Å². The number of hydrogen-bond donors (Lipinski definition) is 1. The van der Waals surface area contributed by atoms with Crippen LogP contribution in [0.5, 0.6) is 11.5 Å². The first-order valence-corrected chi connectivity index (χ1v) is 9.39. The van der Waals surface area contributed by atoms with Crippen molar-refractivity contribution in [3.63, 3.8) is 0 Å². The summed E-state index contributed by atoms with van der Waals surface area (Å²) in [5.74, 6) is 2.38. The summed E-state index contributed by atoms with van der Waals surface area (Å²) in [6, 6.07) is 8.16. The van der Waals surface area contributed by atoms with Crippen LogP contribution in [-0.4, -0.2) is 50.3 Å². The Hall–Kier alpha value is -2.87. The van der Waals surface area contributed by atoms with E-state index in [2.05, 4.69) is 25.2 Å². The van der Waals surface area contributed by atoms with Crippen LogP contribution in [0.1, 0.15) is 18.9 Å². The fourth-order valence-electron chi connectivity index (χ4n) is 3.69. The summed E-state index contributed by atoms with van der Waals surface area (Å²) in [4.78, 5) is 4.49. The van der Waals surface area contributed by atoms with Crippen LogP contribution in [0.3, 0.4) is 0 Å². The molecule has 3 aromatic rings. The van der Waals surface area contributed by atoms with Gasteiger partial charge in [-0.2, -0.15) is 0 Å². The summed E-state index contributed by atoms with van der Waals surface area (Å²) < 4.78 is 15.9. The van der Waals surface area contributed by atoms with Gasteiger partial charge in [-0.15, -0.1) is 5.10 Å². The molecule has 4 heterocycles. The van der Waals surface area contributed by atoms with Crippen molar-refractivity contribution < 1.29 is 9.47 Å². The maximum Gasteiger partial charge on any atom is 0.162 e. The maximum absolute atomic E-state index is 6.07. The molecule has 2 aromatic heterocycles. The highest BCUT2D eigenvalue weighted by molar-refractivity contribution is 5.47. The zero-order valence-corrected chi connectivity index (χ0v) is 15.0. The fraction of sp³-hybridized carbons (Fsp3) is 0.421. The van der Waals surface area contributed by atoms with E-state index in [0.717, 1.165) is 48.9 Å². The number of nitrogens with one attached hydrogen (secondary N) is 1. The number of para-hydroxylation sites is 2. The molecular weight excluding hydrogens is 344 g/mol. The SMILES string of the molecule is c1ccc2c(c1)OC[C@H](Cn1ccnc1-c1cn(C3CCNCC3)nn1)O2. The van der Waals surface area contributed by atoms with Crippen LogP contribution in [-0.2, 0) is 6.54 Å². The number of nitrogens with zero attached hydrogens (tertiary/aromatic N) is 5. The minimum Gasteiger partial charge on any atom is -0.486 e. The second-order valence-electron chi connectivity index (χ2n) is 6.97. The molecule has 8 nitrogen and oxygen atoms in total. The van der Waals surface area contributed by atoms with Crippen LogP contribution < -0.4 is 14.8 Å². The van der Waals surface area contributed by atoms with E-state index >= 15 is 0 Å². The van der Waals surface area contributed by atoms with E-state index in [9.17, 15) is 0 Å². The molecule has 0 aliphatic carbocycles. The number of aromatic nitrogens is 5. The van der Waals surface area contributed by atoms with E-state index in [0.29, 0.717) is 19.2 Å². The summed E-state index contributed by atoms with van der Waals surface area (Å²) in [6.07, 6.45) is 7.81. The Morgan fingerprint density at radius 2 is 2.00 bits per heavy atom. The van der Waals surface area contributed by atoms with E-state index in [1.807, 2.05) is 41.3 Å². The Labute approximate surface area is 157 Å². The molecule has 0 bridgehead atoms. The van der Waals surface area contributed by atoms with Gasteiger partial charge in [0.2, 0.25) is 0 Å². The Morgan fingerprint density at radius 3 is 2.89 bits per heavy atom. The van der Waals surface area contributed by atoms with Gasteiger partial charge in [-0.25, -0.2) is 9.67 Å². The summed E-state index contributed by atoms with van der Waals surface area (Å²) in [6.45, 7) is 3.20. The zero-order valence-electron chi connectivity index (χ0n) is 15.0. The topological polar surface area (TPSA) is 79.0 Å². The number of imidazole rings is 1. The third kappa shape index (κ3) is 3.28. The smallest absolute Gasteiger partial charge is 0.162 e. The van der Waals surface area contributed by atoms with Crippen LogP contribution >= 0.6 is 0 Å². The number of hydrogen-bond acceptors (Lipinski definition) is 6. The normalized spacial score (nSPS) is 19.9. The molecule has 1 aromatic carbocycles. The molecule has 1 fully saturated rings. The van der Waals surface area contributed by atoms with E-state index in [1.165, 1.54) is 0 Å². The van der Waals surface area contributed by atoms with Gasteiger partial charge >= 0.3 is 0 Å². The predicted octanol–water partition coefficient (Wildman–Crippen LogP) is 1.91. The summed E-state index contributed by atoms with van der Waals surface area (Å²) >= 11 is 0. The highest BCUT2D eigenvalue weighted by atomic mass is 16.6. The third-order valence-corrected chi connectivity index (χ3v) is 5.11. The highest BCUT2D eigenvalue weighted by Gasteiger charge is 2.23. The molecule has 0 saturated carbocycles. The Balaban J connectivity index is 1.32. The zero-order chi connectivity index (χ0) is 18.1. The number of fused-ring (bicyclic) bond motifs is 1. The Morgan fingerprint density at radius 1 is 1.15 bits per heavy atom. The van der Waals surface area contributed by atoms with Crippen molar-refractivity contribution in [3.8, 4) is 23.0 Å². The van der Waals surface area contributed by atoms with Crippen molar-refractivity contribution in [1.29, 1.82) is 0 Å². The summed E-state index contributed by atoms with van der Waals surface area (Å²) in [5, 5.41) is 12.1. The van der Waals surface area contributed by atoms with E-state index < -0.39 is 0 Å². The molecular formula is C19H22N6O2. The lowest BCUT2D eigenvalue weighted by Gasteiger charge is -2.26. The molecule has 5 rings (SSSR count). The van der Waals surface area contributed by atoms with E-state index in [4.69, 9.17) is 9.47 Å². The van der Waals surface area contributed by atoms with Crippen molar-refractivity contribution in [2.24, 2.45) is 0 Å². The predicted molar refractivity (Wildman–Crippen MR) is 98.7 cm³/mol. The monoisotopic (exact) mass is 366 g/mol. The van der Waals surface area contributed by atoms with Crippen LogP contribution in [0.25, 0.3) is 11.5 Å². The molecule has 0 amide bonds. The molecule has 2 aliphatic rings. The van der Waals surface area contributed by atoms with Gasteiger partial charge in [0, 0.05) is 12.4 Å². The number of piperidine rings is 1. The second kappa shape index (κ2) is 7.03. The Kier molecular flexibility index (Phi) is 4.25. The quantitative estimate of drug-likeness (QED) is 0.760. The second-order valence-corrected chi connectivity index (χ2v) is 6.97. The average molecular weight is 366 g/mol. The summed E-state index contributed by atoms with van der Waals surface area (Å²) in [5.41, 5.74) is 0.788. The number of benzene rings is 1. The lowest BCUT2D eigenvalue weighted by Crippen LogP contribution is -2.33. The first-order valence-electron chi connectivity index (χ1n) is 9.39. The fourth-order valence-corrected chi connectivity index (χ4v) is 3.69. The van der Waals surface area contributed by atoms with Gasteiger partial charge in [-0.3, -0.25) is 0 Å². The lowest BCUT2D eigenvalue weighted by atomic mass is 10.1. The minimum atomic E-state index is -0.0766. The molecule has 0 spiro atoms. The van der Waals surface area contributed by atoms with Crippen LogP contribution in [0, 0.1) is 0 Å². The maximum atomic E-state index is 6.07. The molecule has 1 N–H and O–H groups in total. The van der Waals surface area contributed by atoms with Crippen molar-refractivity contribution in [2.45, 2.75) is 31.5 Å². The van der Waals surface area contributed by atoms with Crippen LogP contribution in [0.15, 0.2) is 42.9 Å². The van der Waals surface area contributed by atoms with Gasteiger partial charge in [0.25, 0.3) is 0 Å². The molecule has 140 valence electrons. The lowest BCUT2D eigenvalue weighted by molar-refractivity contribution is 0.0788. The van der Waals surface area contributed by atoms with Crippen molar-refractivity contribution in [3.05, 3.63) is 42.9 Å². The van der Waals surface area contributed by atoms with E-state index in [-0.39, 0.29) is 6.10 Å². The van der Waals surface area contributed by atoms with Gasteiger partial charge in [0.05, 0.1) is 18.8 Å². The van der Waals surface area contributed by atoms with Gasteiger partial charge in [-0.1, -0.05) is 17.3 Å². The molecule has 0 unspecified atom stereocenters. The van der Waals surface area contributed by atoms with Crippen molar-refractivity contribution in [2.75, 3.05) is 19.7 Å². The molecule has 1 saturated heterocycles. The largest absolute Gasteiger partial charge is 0.486 e. The number of ether oxygens (including phenoxy) is 2. The van der Waals surface area contributed by atoms with Crippen molar-refractivity contribution in [1.82, 2.24) is 29.9 Å². The van der Waals surface area contributed by atoms with Crippen LogP contribution in [0.2, 0.25) is 0 Å². The standard InChI is InChI=1S/C19H22N6O2/c1-2-4-18-17(3-1)26-13-15(27-18)11-24-10-9-21-19(24)16-12-25(23-22-16)14-5-7-20-8-6-14/h1-4,9-10,12,14-15,20H,5-8,11,13H2/t15-/m0/s1. The van der Waals surface area contributed by atoms with Crippen molar-refractivity contribution >= 4 is 0 Å². The first kappa shape index (κ1) is 16.3. The van der Waals surface area contributed by atoms with Gasteiger partial charge in [0.1, 0.15) is 12.3 Å². The summed E-state index contributed by atoms with van der Waals surface area (Å²) in [7, 11) is 0. The van der Waals surface area contributed by atoms with Gasteiger partial charge in [0.15, 0.2) is 23.4 Å². The third-order valence-electron chi connectivity index (χ3n) is 5.11. The molecule has 2 aliphatic heterocycles. The average Bonchev–Trinajstić information content (AvgIpc) is 3.38. The minimum absolute atomic E-state index is 0.0766. The number of rotatable bonds is 4. The first-order chi connectivity index (χ1) is 13.4. The molecule has 1 atom stereocenters. The van der Waals surface area contributed by atoms with Crippen LogP contribution in [0.4, 0.5) is 0 Å². The highest BCUT2D eigenvalue weighted by Crippen LogP contribution is 2.31. The molecule has 27 heavy (non-hydrogen) atoms. The van der Waals surface area contributed by atoms with Gasteiger partial charge in [-0.05, 0) is 38.1 Å². The molecule has 8 heteroatoms. The molecule has 0 radical (unpaired) electrons. The Bertz CT molecular complexity index is 914.